The zero-order chi connectivity index (χ0) is 25.5. The lowest BCUT2D eigenvalue weighted by Gasteiger charge is -2.26. The van der Waals surface area contributed by atoms with Crippen molar-refractivity contribution < 1.29 is 23.5 Å². The van der Waals surface area contributed by atoms with Crippen LogP contribution in [0.1, 0.15) is 54.6 Å². The summed E-state index contributed by atoms with van der Waals surface area (Å²) >= 11 is 0. The van der Waals surface area contributed by atoms with E-state index >= 15 is 0 Å². The van der Waals surface area contributed by atoms with Crippen molar-refractivity contribution in [3.63, 3.8) is 0 Å². The van der Waals surface area contributed by atoms with Gasteiger partial charge in [-0.15, -0.1) is 0 Å². The van der Waals surface area contributed by atoms with Crippen molar-refractivity contribution in [1.29, 1.82) is 0 Å². The molecular formula is C29H27F2NO3. The highest BCUT2D eigenvalue weighted by Gasteiger charge is 2.47. The van der Waals surface area contributed by atoms with Crippen molar-refractivity contribution in [3.8, 4) is 0 Å². The molecule has 0 aliphatic carbocycles. The first-order chi connectivity index (χ1) is 16.5. The number of aryl methyl sites for hydroxylation is 1. The zero-order valence-corrected chi connectivity index (χ0v) is 20.1. The molecule has 4 nitrogen and oxygen atoms in total. The first-order valence-corrected chi connectivity index (χ1v) is 11.4. The number of benzene rings is 3. The number of aliphatic hydroxyl groups is 1. The third-order valence-corrected chi connectivity index (χ3v) is 6.36. The van der Waals surface area contributed by atoms with Gasteiger partial charge in [0.05, 0.1) is 11.6 Å². The number of Topliss-reactive ketones (excluding diaryl/α,β-unsaturated/α-hetero) is 1. The predicted octanol–water partition coefficient (Wildman–Crippen LogP) is 6.19. The maximum absolute atomic E-state index is 15.0. The summed E-state index contributed by atoms with van der Waals surface area (Å²) in [5, 5.41) is 11.4. The highest BCUT2D eigenvalue weighted by atomic mass is 19.1. The second kappa shape index (κ2) is 9.10. The van der Waals surface area contributed by atoms with E-state index in [1.165, 1.54) is 47.4 Å². The van der Waals surface area contributed by atoms with Crippen LogP contribution in [-0.2, 0) is 21.5 Å². The fraction of sp³-hybridized carbons (Fsp3) is 0.241. The molecule has 1 unspecified atom stereocenters. The molecule has 180 valence electrons. The van der Waals surface area contributed by atoms with E-state index in [-0.39, 0.29) is 28.9 Å². The van der Waals surface area contributed by atoms with Crippen molar-refractivity contribution in [2.75, 3.05) is 0 Å². The van der Waals surface area contributed by atoms with Gasteiger partial charge in [0.2, 0.25) is 0 Å². The molecule has 1 fully saturated rings. The van der Waals surface area contributed by atoms with Crippen molar-refractivity contribution in [1.82, 2.24) is 4.90 Å². The van der Waals surface area contributed by atoms with Crippen molar-refractivity contribution in [2.24, 2.45) is 0 Å². The Morgan fingerprint density at radius 1 is 0.971 bits per heavy atom. The van der Waals surface area contributed by atoms with Crippen LogP contribution in [0.4, 0.5) is 8.78 Å². The first kappa shape index (κ1) is 24.3. The molecule has 35 heavy (non-hydrogen) atoms. The van der Waals surface area contributed by atoms with Crippen LogP contribution in [-0.4, -0.2) is 21.7 Å². The third-order valence-electron chi connectivity index (χ3n) is 6.36. The molecule has 6 heteroatoms. The number of nitrogens with zero attached hydrogens (tertiary/aromatic N) is 1. The highest BCUT2D eigenvalue weighted by Crippen LogP contribution is 2.42. The normalized spacial score (nSPS) is 17.8. The fourth-order valence-corrected chi connectivity index (χ4v) is 4.34. The van der Waals surface area contributed by atoms with E-state index in [4.69, 9.17) is 0 Å². The van der Waals surface area contributed by atoms with Gasteiger partial charge in [-0.05, 0) is 53.3 Å². The molecule has 4 rings (SSSR count). The zero-order valence-electron chi connectivity index (χ0n) is 20.1. The number of carbonyl (C=O) groups excluding carboxylic acids is 2. The highest BCUT2D eigenvalue weighted by molar-refractivity contribution is 6.46. The molecule has 0 radical (unpaired) electrons. The minimum absolute atomic E-state index is 0.0539. The topological polar surface area (TPSA) is 57.6 Å². The van der Waals surface area contributed by atoms with Gasteiger partial charge in [0.15, 0.2) is 0 Å². The summed E-state index contributed by atoms with van der Waals surface area (Å²) in [6.45, 7) is 7.84. The Kier molecular flexibility index (Phi) is 6.32. The Labute approximate surface area is 203 Å². The number of aliphatic hydroxyl groups excluding tert-OH is 1. The molecule has 0 bridgehead atoms. The number of hydrogen-bond acceptors (Lipinski definition) is 3. The van der Waals surface area contributed by atoms with Crippen LogP contribution in [0.5, 0.6) is 0 Å². The lowest BCUT2D eigenvalue weighted by molar-refractivity contribution is -0.140. The van der Waals surface area contributed by atoms with E-state index in [0.29, 0.717) is 16.7 Å². The standard InChI is InChI=1S/C29H27F2NO3/c1-17-9-12-19(29(2,3)4)15-22(17)26(33)24-25(21-7-5-6-8-23(21)31)32(28(35)27(24)34)16-18-10-13-20(30)14-11-18/h5-15,25,33H,16H2,1-4H3/b26-24+. The predicted molar refractivity (Wildman–Crippen MR) is 131 cm³/mol. The SMILES string of the molecule is Cc1ccc(C(C)(C)C)cc1/C(O)=C1\C(=O)C(=O)N(Cc2ccc(F)cc2)C1c1ccccc1F. The Bertz CT molecular complexity index is 1340. The van der Waals surface area contributed by atoms with Gasteiger partial charge >= 0.3 is 0 Å². The monoisotopic (exact) mass is 475 g/mol. The average molecular weight is 476 g/mol. The van der Waals surface area contributed by atoms with Crippen LogP contribution < -0.4 is 0 Å². The first-order valence-electron chi connectivity index (χ1n) is 11.4. The summed E-state index contributed by atoms with van der Waals surface area (Å²) in [7, 11) is 0. The lowest BCUT2D eigenvalue weighted by Crippen LogP contribution is -2.29. The van der Waals surface area contributed by atoms with Gasteiger partial charge < -0.3 is 10.0 Å². The van der Waals surface area contributed by atoms with Crippen LogP contribution >= 0.6 is 0 Å². The molecule has 1 N–H and O–H groups in total. The van der Waals surface area contributed by atoms with Gasteiger partial charge in [-0.3, -0.25) is 9.59 Å². The molecule has 1 aliphatic rings. The van der Waals surface area contributed by atoms with Crippen LogP contribution in [0.25, 0.3) is 5.76 Å². The largest absolute Gasteiger partial charge is 0.507 e. The van der Waals surface area contributed by atoms with Crippen LogP contribution in [0, 0.1) is 18.6 Å². The summed E-state index contributed by atoms with van der Waals surface area (Å²) in [4.78, 5) is 27.7. The van der Waals surface area contributed by atoms with E-state index in [1.807, 2.05) is 32.9 Å². The Balaban J connectivity index is 1.92. The third kappa shape index (κ3) is 4.61. The van der Waals surface area contributed by atoms with Gasteiger partial charge in [-0.2, -0.15) is 0 Å². The molecule has 1 amide bonds. The molecule has 1 atom stereocenters. The molecule has 0 saturated carbocycles. The van der Waals surface area contributed by atoms with Crippen molar-refractivity contribution >= 4 is 17.4 Å². The molecule has 3 aromatic rings. The number of carbonyl (C=O) groups is 2. The Morgan fingerprint density at radius 2 is 1.63 bits per heavy atom. The number of hydrogen-bond donors (Lipinski definition) is 1. The summed E-state index contributed by atoms with van der Waals surface area (Å²) in [5.74, 6) is -3.13. The molecule has 0 aromatic heterocycles. The van der Waals surface area contributed by atoms with Gasteiger partial charge in [0, 0.05) is 17.7 Å². The molecule has 1 saturated heterocycles. The maximum Gasteiger partial charge on any atom is 0.295 e. The molecule has 1 aliphatic heterocycles. The van der Waals surface area contributed by atoms with Crippen LogP contribution in [0.3, 0.4) is 0 Å². The van der Waals surface area contributed by atoms with E-state index < -0.39 is 29.4 Å². The smallest absolute Gasteiger partial charge is 0.295 e. The number of rotatable bonds is 4. The lowest BCUT2D eigenvalue weighted by atomic mass is 9.84. The number of halogens is 2. The molecule has 1 heterocycles. The van der Waals surface area contributed by atoms with Gasteiger partial charge in [-0.1, -0.05) is 63.2 Å². The minimum Gasteiger partial charge on any atom is -0.507 e. The minimum atomic E-state index is -1.14. The number of likely N-dealkylation sites (tertiary alicyclic amines) is 1. The van der Waals surface area contributed by atoms with E-state index in [0.717, 1.165) is 5.56 Å². The van der Waals surface area contributed by atoms with E-state index in [2.05, 4.69) is 0 Å². The second-order valence-corrected chi connectivity index (χ2v) is 9.85. The molecule has 0 spiro atoms. The Hall–Kier alpha value is -3.80. The molecule has 3 aromatic carbocycles. The Morgan fingerprint density at radius 3 is 2.26 bits per heavy atom. The van der Waals surface area contributed by atoms with Gasteiger partial charge in [0.25, 0.3) is 11.7 Å². The van der Waals surface area contributed by atoms with E-state index in [9.17, 15) is 23.5 Å². The van der Waals surface area contributed by atoms with E-state index in [1.54, 1.807) is 19.1 Å². The van der Waals surface area contributed by atoms with Crippen molar-refractivity contribution in [2.45, 2.75) is 45.7 Å². The van der Waals surface area contributed by atoms with Crippen LogP contribution in [0.2, 0.25) is 0 Å². The van der Waals surface area contributed by atoms with Crippen molar-refractivity contribution in [3.05, 3.63) is 112 Å². The quantitative estimate of drug-likeness (QED) is 0.278. The summed E-state index contributed by atoms with van der Waals surface area (Å²) in [6, 6.07) is 15.9. The van der Waals surface area contributed by atoms with Gasteiger partial charge in [-0.25, -0.2) is 8.78 Å². The molecular weight excluding hydrogens is 448 g/mol. The van der Waals surface area contributed by atoms with Crippen LogP contribution in [0.15, 0.2) is 72.3 Å². The summed E-state index contributed by atoms with van der Waals surface area (Å²) in [5.41, 5.74) is 2.35. The number of amides is 1. The summed E-state index contributed by atoms with van der Waals surface area (Å²) in [6.07, 6.45) is 0. The number of ketones is 1. The fourth-order valence-electron chi connectivity index (χ4n) is 4.34. The maximum atomic E-state index is 15.0. The summed E-state index contributed by atoms with van der Waals surface area (Å²) < 4.78 is 28.4. The van der Waals surface area contributed by atoms with Gasteiger partial charge in [0.1, 0.15) is 17.4 Å². The second-order valence-electron chi connectivity index (χ2n) is 9.85. The average Bonchev–Trinajstić information content (AvgIpc) is 3.04.